The van der Waals surface area contributed by atoms with Crippen LogP contribution < -0.4 is 0 Å². The summed E-state index contributed by atoms with van der Waals surface area (Å²) >= 11 is 0. The molecule has 0 aromatic rings. The van der Waals surface area contributed by atoms with Crippen LogP contribution in [0.15, 0.2) is 97.2 Å². The highest BCUT2D eigenvalue weighted by Gasteiger charge is 2.27. The molecule has 0 aliphatic rings. The van der Waals surface area contributed by atoms with Crippen LogP contribution in [0.1, 0.15) is 142 Å². The number of carbonyl (C=O) groups excluding carboxylic acids is 2. The summed E-state index contributed by atoms with van der Waals surface area (Å²) in [6.07, 6.45) is 44.2. The topological polar surface area (TPSA) is 189 Å². The Morgan fingerprint density at radius 1 is 0.574 bits per heavy atom. The molecule has 0 aliphatic heterocycles. The van der Waals surface area contributed by atoms with Crippen LogP contribution in [0, 0.1) is 0 Å². The minimum atomic E-state index is -4.69. The number of hydrogen-bond acceptors (Lipinski definition) is 11. The molecule has 348 valence electrons. The van der Waals surface area contributed by atoms with Gasteiger partial charge in [0, 0.05) is 12.8 Å². The molecule has 0 amide bonds. The molecule has 0 fully saturated rings. The predicted molar refractivity (Wildman–Crippen MR) is 244 cm³/mol. The highest BCUT2D eigenvalue weighted by molar-refractivity contribution is 7.47. The molecular formula is C48H79O12P. The first-order valence-electron chi connectivity index (χ1n) is 22.4. The largest absolute Gasteiger partial charge is 0.472 e. The molecule has 12 nitrogen and oxygen atoms in total. The fourth-order valence-corrected chi connectivity index (χ4v) is 6.13. The first kappa shape index (κ1) is 57.8. The van der Waals surface area contributed by atoms with Gasteiger partial charge in [0.15, 0.2) is 6.10 Å². The molecule has 0 heterocycles. The van der Waals surface area contributed by atoms with Crippen molar-refractivity contribution in [2.45, 2.75) is 167 Å². The summed E-state index contributed by atoms with van der Waals surface area (Å²) < 4.78 is 32.5. The van der Waals surface area contributed by atoms with Gasteiger partial charge in [-0.1, -0.05) is 143 Å². The fraction of sp³-hybridized carbons (Fsp3) is 0.625. The standard InChI is InChI=1S/C48H79O12P/c1-3-5-7-9-11-12-13-14-15-16-17-18-19-20-21-22-23-25-31-37-48(54)60-46(42-59-61(55,56)58-40-45(52)39-49)41-57-47(53)38-32-36-44(51)35-30-27-26-29-34-43(50)33-28-24-10-8-6-4-2/h11-12,14-15,17-18,20-21,24,26-30,34-35,43-46,49-52H,3-10,13,16,19,22-23,25,31-33,36-42H2,1-2H3,(H,55,56)/b12-11-,15-14-,18-17-,21-20-,27-26+,28-24-,34-29+,35-30-/t43-,44-,45+,46-/m1/s1. The van der Waals surface area contributed by atoms with Gasteiger partial charge in [0.05, 0.1) is 32.0 Å². The lowest BCUT2D eigenvalue weighted by Gasteiger charge is -2.20. The minimum Gasteiger partial charge on any atom is -0.462 e. The van der Waals surface area contributed by atoms with Crippen LogP contribution in [0.2, 0.25) is 0 Å². The maximum absolute atomic E-state index is 12.6. The summed E-state index contributed by atoms with van der Waals surface area (Å²) in [4.78, 5) is 35.0. The van der Waals surface area contributed by atoms with Crippen molar-refractivity contribution in [3.8, 4) is 0 Å². The second-order valence-corrected chi connectivity index (χ2v) is 16.2. The van der Waals surface area contributed by atoms with E-state index in [9.17, 15) is 34.4 Å². The zero-order chi connectivity index (χ0) is 45.1. The van der Waals surface area contributed by atoms with Crippen molar-refractivity contribution < 1.29 is 58.0 Å². The molecule has 13 heteroatoms. The van der Waals surface area contributed by atoms with E-state index in [1.165, 1.54) is 32.1 Å². The van der Waals surface area contributed by atoms with Gasteiger partial charge < -0.3 is 34.8 Å². The van der Waals surface area contributed by atoms with E-state index in [1.807, 2.05) is 6.08 Å². The van der Waals surface area contributed by atoms with Crippen molar-refractivity contribution in [1.82, 2.24) is 0 Å². The normalized spacial score (nSPS) is 15.7. The van der Waals surface area contributed by atoms with Gasteiger partial charge in [-0.2, -0.15) is 0 Å². The minimum absolute atomic E-state index is 0.0317. The van der Waals surface area contributed by atoms with Gasteiger partial charge in [-0.05, 0) is 83.5 Å². The average Bonchev–Trinajstić information content (AvgIpc) is 3.24. The Labute approximate surface area is 367 Å². The summed E-state index contributed by atoms with van der Waals surface area (Å²) in [7, 11) is -4.69. The van der Waals surface area contributed by atoms with E-state index >= 15 is 0 Å². The van der Waals surface area contributed by atoms with E-state index < -0.39 is 70.6 Å². The van der Waals surface area contributed by atoms with E-state index in [-0.39, 0.29) is 19.3 Å². The number of hydrogen-bond donors (Lipinski definition) is 5. The highest BCUT2D eigenvalue weighted by Crippen LogP contribution is 2.43. The predicted octanol–water partition coefficient (Wildman–Crippen LogP) is 9.94. The van der Waals surface area contributed by atoms with E-state index in [2.05, 4.69) is 73.1 Å². The summed E-state index contributed by atoms with van der Waals surface area (Å²) in [5, 5.41) is 38.6. The molecule has 0 radical (unpaired) electrons. The number of aliphatic hydroxyl groups excluding tert-OH is 4. The first-order chi connectivity index (χ1) is 29.5. The number of rotatable bonds is 40. The first-order valence-corrected chi connectivity index (χ1v) is 23.9. The Bertz CT molecular complexity index is 1370. The molecule has 0 bridgehead atoms. The third-order valence-corrected chi connectivity index (χ3v) is 9.85. The molecule has 0 aromatic heterocycles. The summed E-state index contributed by atoms with van der Waals surface area (Å²) in [6, 6.07) is 0. The number of phosphoric acid groups is 1. The molecule has 0 saturated heterocycles. The Balaban J connectivity index is 4.61. The Hall–Kier alpha value is -3.19. The molecular weight excluding hydrogens is 799 g/mol. The van der Waals surface area contributed by atoms with E-state index in [0.717, 1.165) is 57.8 Å². The lowest BCUT2D eigenvalue weighted by molar-refractivity contribution is -0.161. The van der Waals surface area contributed by atoms with Crippen molar-refractivity contribution in [2.24, 2.45) is 0 Å². The zero-order valence-electron chi connectivity index (χ0n) is 37.1. The number of carbonyl (C=O) groups is 2. The highest BCUT2D eigenvalue weighted by atomic mass is 31.2. The van der Waals surface area contributed by atoms with Crippen molar-refractivity contribution in [3.63, 3.8) is 0 Å². The smallest absolute Gasteiger partial charge is 0.462 e. The average molecular weight is 879 g/mol. The monoisotopic (exact) mass is 879 g/mol. The fourth-order valence-electron chi connectivity index (χ4n) is 5.34. The third-order valence-electron chi connectivity index (χ3n) is 8.90. The molecule has 0 spiro atoms. The number of unbranched alkanes of at least 4 members (excludes halogenated alkanes) is 9. The van der Waals surface area contributed by atoms with Crippen LogP contribution >= 0.6 is 7.82 Å². The number of aliphatic hydroxyl groups is 4. The molecule has 1 unspecified atom stereocenters. The van der Waals surface area contributed by atoms with Crippen molar-refractivity contribution >= 4 is 19.8 Å². The van der Waals surface area contributed by atoms with Crippen LogP contribution in [0.5, 0.6) is 0 Å². The Kier molecular flexibility index (Phi) is 39.9. The third kappa shape index (κ3) is 41.9. The molecule has 0 saturated carbocycles. The van der Waals surface area contributed by atoms with Crippen molar-refractivity contribution in [1.29, 1.82) is 0 Å². The van der Waals surface area contributed by atoms with Crippen LogP contribution in [-0.4, -0.2) is 88.1 Å². The number of allylic oxidation sites excluding steroid dienone is 13. The molecule has 0 aliphatic carbocycles. The van der Waals surface area contributed by atoms with E-state index in [1.54, 1.807) is 36.5 Å². The van der Waals surface area contributed by atoms with Gasteiger partial charge in [0.2, 0.25) is 0 Å². The number of ether oxygens (including phenoxy) is 2. The Morgan fingerprint density at radius 2 is 1.08 bits per heavy atom. The maximum Gasteiger partial charge on any atom is 0.472 e. The van der Waals surface area contributed by atoms with Gasteiger partial charge >= 0.3 is 19.8 Å². The summed E-state index contributed by atoms with van der Waals surface area (Å²) in [6.45, 7) is 1.95. The van der Waals surface area contributed by atoms with Gasteiger partial charge in [-0.25, -0.2) is 4.57 Å². The van der Waals surface area contributed by atoms with Gasteiger partial charge in [-0.15, -0.1) is 0 Å². The molecule has 5 N–H and O–H groups in total. The summed E-state index contributed by atoms with van der Waals surface area (Å²) in [5.41, 5.74) is 0. The second-order valence-electron chi connectivity index (χ2n) is 14.8. The molecule has 61 heavy (non-hydrogen) atoms. The zero-order valence-corrected chi connectivity index (χ0v) is 38.0. The second kappa shape index (κ2) is 42.1. The summed E-state index contributed by atoms with van der Waals surface area (Å²) in [5.74, 6) is -1.21. The van der Waals surface area contributed by atoms with Gasteiger partial charge in [0.25, 0.3) is 0 Å². The number of phosphoric ester groups is 1. The lowest BCUT2D eigenvalue weighted by atomic mass is 10.1. The maximum atomic E-state index is 12.6. The van der Waals surface area contributed by atoms with Gasteiger partial charge in [-0.3, -0.25) is 18.6 Å². The SMILES string of the molecule is CCCCC/C=C\C/C=C\C/C=C\C/C=C\CCCCCC(=O)O[C@H](COC(=O)CCC[C@H](O)\C=C/C=C/C=C/[C@H](O)C/C=C\CCCCC)COP(=O)(O)OC[C@@H](O)CO. The number of esters is 2. The lowest BCUT2D eigenvalue weighted by Crippen LogP contribution is -2.30. The van der Waals surface area contributed by atoms with Crippen molar-refractivity contribution in [2.75, 3.05) is 26.4 Å². The Morgan fingerprint density at radius 3 is 1.66 bits per heavy atom. The van der Waals surface area contributed by atoms with Crippen LogP contribution in [-0.2, 0) is 32.7 Å². The van der Waals surface area contributed by atoms with Crippen LogP contribution in [0.25, 0.3) is 0 Å². The molecule has 5 atom stereocenters. The van der Waals surface area contributed by atoms with Crippen LogP contribution in [0.4, 0.5) is 0 Å². The van der Waals surface area contributed by atoms with Crippen LogP contribution in [0.3, 0.4) is 0 Å². The van der Waals surface area contributed by atoms with Gasteiger partial charge in [0.1, 0.15) is 12.7 Å². The quantitative estimate of drug-likeness (QED) is 0.0129. The van der Waals surface area contributed by atoms with E-state index in [4.69, 9.17) is 19.1 Å². The molecule has 0 rings (SSSR count). The molecule has 0 aromatic carbocycles. The van der Waals surface area contributed by atoms with E-state index in [0.29, 0.717) is 19.3 Å². The van der Waals surface area contributed by atoms with Crippen molar-refractivity contribution in [3.05, 3.63) is 97.2 Å².